The first-order valence-electron chi connectivity index (χ1n) is 6.25. The third-order valence-electron chi connectivity index (χ3n) is 3.26. The van der Waals surface area contributed by atoms with Crippen molar-refractivity contribution < 1.29 is 4.74 Å². The van der Waals surface area contributed by atoms with Crippen molar-refractivity contribution in [1.82, 2.24) is 29.5 Å². The molecule has 110 valence electrons. The minimum atomic E-state index is -0.315. The molecule has 0 amide bonds. The monoisotopic (exact) mass is 290 g/mol. The van der Waals surface area contributed by atoms with Crippen molar-refractivity contribution >= 4 is 10.9 Å². The van der Waals surface area contributed by atoms with E-state index in [1.807, 2.05) is 0 Å². The molecule has 0 aliphatic rings. The fourth-order valence-corrected chi connectivity index (χ4v) is 2.32. The van der Waals surface area contributed by atoms with Gasteiger partial charge in [0.2, 0.25) is 0 Å². The molecule has 0 aromatic carbocycles. The lowest BCUT2D eigenvalue weighted by Gasteiger charge is -2.05. The van der Waals surface area contributed by atoms with E-state index in [-0.39, 0.29) is 23.7 Å². The van der Waals surface area contributed by atoms with Crippen LogP contribution < -0.4 is 11.1 Å². The Morgan fingerprint density at radius 2 is 2.14 bits per heavy atom. The van der Waals surface area contributed by atoms with Crippen LogP contribution in [0.2, 0.25) is 0 Å². The van der Waals surface area contributed by atoms with Crippen molar-refractivity contribution in [2.45, 2.75) is 13.5 Å². The van der Waals surface area contributed by atoms with Gasteiger partial charge in [0.1, 0.15) is 6.61 Å². The van der Waals surface area contributed by atoms with Gasteiger partial charge in [0.15, 0.2) is 5.82 Å². The molecule has 3 aromatic heterocycles. The average Bonchev–Trinajstić information content (AvgIpc) is 2.96. The fraction of sp³-hybridized carbons (Fsp3) is 0.333. The molecule has 0 bridgehead atoms. The summed E-state index contributed by atoms with van der Waals surface area (Å²) in [5.74, 6) is 0.690. The van der Waals surface area contributed by atoms with E-state index in [4.69, 9.17) is 4.74 Å². The zero-order valence-corrected chi connectivity index (χ0v) is 11.8. The maximum atomic E-state index is 12.2. The zero-order chi connectivity index (χ0) is 15.1. The summed E-state index contributed by atoms with van der Waals surface area (Å²) in [6.45, 7) is 1.94. The number of nitrogens with zero attached hydrogens (tertiary/aromatic N) is 4. The molecule has 0 atom stereocenters. The summed E-state index contributed by atoms with van der Waals surface area (Å²) in [6.07, 6.45) is 0. The Kier molecular flexibility index (Phi) is 2.98. The summed E-state index contributed by atoms with van der Waals surface area (Å²) in [4.78, 5) is 28.5. The fourth-order valence-electron chi connectivity index (χ4n) is 2.32. The van der Waals surface area contributed by atoms with Gasteiger partial charge in [-0.1, -0.05) is 0 Å². The summed E-state index contributed by atoms with van der Waals surface area (Å²) in [6, 6.07) is 1.36. The van der Waals surface area contributed by atoms with Crippen molar-refractivity contribution in [2.24, 2.45) is 7.05 Å². The van der Waals surface area contributed by atoms with E-state index in [1.54, 1.807) is 14.0 Å². The number of hydrogen-bond donors (Lipinski definition) is 2. The lowest BCUT2D eigenvalue weighted by atomic mass is 10.2. The third kappa shape index (κ3) is 1.98. The van der Waals surface area contributed by atoms with Crippen molar-refractivity contribution in [3.8, 4) is 5.95 Å². The molecule has 0 aliphatic carbocycles. The SMILES string of the molecule is COCc1nc(-n2c(C)c3c(=O)n(C)[nH]c3cc2=O)n[nH]1. The number of ether oxygens (including phenoxy) is 1. The molecule has 0 saturated carbocycles. The lowest BCUT2D eigenvalue weighted by molar-refractivity contribution is 0.178. The number of fused-ring (bicyclic) bond motifs is 1. The van der Waals surface area contributed by atoms with E-state index in [1.165, 1.54) is 22.4 Å². The highest BCUT2D eigenvalue weighted by Gasteiger charge is 2.16. The molecule has 0 fully saturated rings. The van der Waals surface area contributed by atoms with Crippen LogP contribution in [0.3, 0.4) is 0 Å². The highest BCUT2D eigenvalue weighted by Crippen LogP contribution is 2.12. The number of pyridine rings is 1. The molecule has 3 aromatic rings. The Morgan fingerprint density at radius 1 is 1.38 bits per heavy atom. The van der Waals surface area contributed by atoms with Gasteiger partial charge in [-0.2, -0.15) is 4.98 Å². The van der Waals surface area contributed by atoms with Crippen LogP contribution in [0.4, 0.5) is 0 Å². The summed E-state index contributed by atoms with van der Waals surface area (Å²) >= 11 is 0. The third-order valence-corrected chi connectivity index (χ3v) is 3.26. The van der Waals surface area contributed by atoms with Crippen LogP contribution in [-0.4, -0.2) is 36.6 Å². The molecule has 21 heavy (non-hydrogen) atoms. The number of aryl methyl sites for hydroxylation is 2. The second-order valence-electron chi connectivity index (χ2n) is 4.68. The van der Waals surface area contributed by atoms with E-state index < -0.39 is 0 Å². The van der Waals surface area contributed by atoms with Gasteiger partial charge in [0, 0.05) is 25.9 Å². The van der Waals surface area contributed by atoms with Crippen molar-refractivity contribution in [3.05, 3.63) is 38.3 Å². The van der Waals surface area contributed by atoms with Crippen LogP contribution in [0.25, 0.3) is 16.9 Å². The number of aromatic amines is 2. The van der Waals surface area contributed by atoms with E-state index in [2.05, 4.69) is 20.3 Å². The van der Waals surface area contributed by atoms with Crippen LogP contribution in [0.1, 0.15) is 11.5 Å². The summed E-state index contributed by atoms with van der Waals surface area (Å²) in [5, 5.41) is 9.96. The highest BCUT2D eigenvalue weighted by atomic mass is 16.5. The average molecular weight is 290 g/mol. The number of rotatable bonds is 3. The number of nitrogens with one attached hydrogen (secondary N) is 2. The number of aromatic nitrogens is 6. The summed E-state index contributed by atoms with van der Waals surface area (Å²) in [5.41, 5.74) is 0.463. The Labute approximate surface area is 118 Å². The van der Waals surface area contributed by atoms with Crippen LogP contribution >= 0.6 is 0 Å². The number of methoxy groups -OCH3 is 1. The largest absolute Gasteiger partial charge is 0.377 e. The molecule has 9 nitrogen and oxygen atoms in total. The van der Waals surface area contributed by atoms with E-state index in [0.717, 1.165) is 0 Å². The van der Waals surface area contributed by atoms with Crippen molar-refractivity contribution in [1.29, 1.82) is 0 Å². The van der Waals surface area contributed by atoms with E-state index >= 15 is 0 Å². The maximum Gasteiger partial charge on any atom is 0.275 e. The molecule has 9 heteroatoms. The predicted molar refractivity (Wildman–Crippen MR) is 74.5 cm³/mol. The molecule has 0 aliphatic heterocycles. The molecule has 3 heterocycles. The Balaban J connectivity index is 2.29. The number of H-pyrrole nitrogens is 2. The minimum absolute atomic E-state index is 0.190. The van der Waals surface area contributed by atoms with Gasteiger partial charge in [0.05, 0.1) is 10.9 Å². The summed E-state index contributed by atoms with van der Waals surface area (Å²) < 4.78 is 7.58. The first-order chi connectivity index (χ1) is 10.0. The van der Waals surface area contributed by atoms with Gasteiger partial charge < -0.3 is 4.74 Å². The normalized spacial score (nSPS) is 11.4. The minimum Gasteiger partial charge on any atom is -0.377 e. The molecule has 0 spiro atoms. The van der Waals surface area contributed by atoms with Gasteiger partial charge in [-0.05, 0) is 6.92 Å². The standard InChI is InChI=1S/C12H14N6O3/c1-6-10-7(16-17(2)11(10)20)4-9(19)18(6)12-13-8(5-21-3)14-15-12/h4,16H,5H2,1-3H3,(H,13,14,15). The molecule has 3 rings (SSSR count). The molecule has 0 unspecified atom stereocenters. The molecule has 0 saturated heterocycles. The van der Waals surface area contributed by atoms with Gasteiger partial charge in [0.25, 0.3) is 17.1 Å². The van der Waals surface area contributed by atoms with Crippen molar-refractivity contribution in [3.63, 3.8) is 0 Å². The lowest BCUT2D eigenvalue weighted by Crippen LogP contribution is -2.22. The molecular weight excluding hydrogens is 276 g/mol. The van der Waals surface area contributed by atoms with Gasteiger partial charge in [-0.15, -0.1) is 5.10 Å². The first-order valence-corrected chi connectivity index (χ1v) is 6.25. The molecule has 2 N–H and O–H groups in total. The second kappa shape index (κ2) is 4.70. The predicted octanol–water partition coefficient (Wildman–Crippen LogP) is -0.410. The van der Waals surface area contributed by atoms with Gasteiger partial charge >= 0.3 is 0 Å². The smallest absolute Gasteiger partial charge is 0.275 e. The highest BCUT2D eigenvalue weighted by molar-refractivity contribution is 5.80. The second-order valence-corrected chi connectivity index (χ2v) is 4.68. The van der Waals surface area contributed by atoms with Gasteiger partial charge in [-0.3, -0.25) is 24.5 Å². The topological polar surface area (TPSA) is 111 Å². The maximum absolute atomic E-state index is 12.2. The van der Waals surface area contributed by atoms with Gasteiger partial charge in [-0.25, -0.2) is 4.57 Å². The molecular formula is C12H14N6O3. The quantitative estimate of drug-likeness (QED) is 0.681. The molecule has 0 radical (unpaired) electrons. The van der Waals surface area contributed by atoms with Crippen LogP contribution in [0.15, 0.2) is 15.7 Å². The Morgan fingerprint density at radius 3 is 2.86 bits per heavy atom. The zero-order valence-electron chi connectivity index (χ0n) is 11.8. The Hall–Kier alpha value is -2.68. The first kappa shape index (κ1) is 13.3. The van der Waals surface area contributed by atoms with Crippen LogP contribution in [0.5, 0.6) is 0 Å². The Bertz CT molecular complexity index is 929. The van der Waals surface area contributed by atoms with E-state index in [0.29, 0.717) is 22.4 Å². The van der Waals surface area contributed by atoms with Crippen molar-refractivity contribution in [2.75, 3.05) is 7.11 Å². The summed E-state index contributed by atoms with van der Waals surface area (Å²) in [7, 11) is 3.13. The van der Waals surface area contributed by atoms with E-state index in [9.17, 15) is 9.59 Å². The van der Waals surface area contributed by atoms with Crippen LogP contribution in [-0.2, 0) is 18.4 Å². The number of hydrogen-bond acceptors (Lipinski definition) is 5. The van der Waals surface area contributed by atoms with Crippen LogP contribution in [0, 0.1) is 6.92 Å².